The van der Waals surface area contributed by atoms with Gasteiger partial charge < -0.3 is 26.7 Å². The molecule has 1 aliphatic rings. The maximum absolute atomic E-state index is 15.5. The average molecular weight is 460 g/mol. The number of anilines is 2. The molecule has 2 aromatic rings. The van der Waals surface area contributed by atoms with Crippen molar-refractivity contribution < 1.29 is 9.18 Å². The van der Waals surface area contributed by atoms with Crippen molar-refractivity contribution in [3.05, 3.63) is 58.4 Å². The predicted octanol–water partition coefficient (Wildman–Crippen LogP) is 3.62. The van der Waals surface area contributed by atoms with Crippen LogP contribution < -0.4 is 11.5 Å². The standard InChI is InChI=1S/C22H23ClFN5OS/c1-3-17(30)28-6-8-29(9-7-28)22(31)13-10-15(23)19(20(24)21(13)27)18-12(2)4-5-16(26)14(18)11-25/h3-5,10-11,25H,1,6-9,26-27H2,2H3. The molecule has 1 amide bonds. The maximum Gasteiger partial charge on any atom is 0.246 e. The summed E-state index contributed by atoms with van der Waals surface area (Å²) in [6.45, 7) is 7.22. The van der Waals surface area contributed by atoms with Crippen LogP contribution in [-0.2, 0) is 4.79 Å². The van der Waals surface area contributed by atoms with Gasteiger partial charge in [-0.15, -0.1) is 0 Å². The quantitative estimate of drug-likeness (QED) is 0.280. The molecule has 162 valence electrons. The fraction of sp³-hybridized carbons (Fsp3) is 0.227. The van der Waals surface area contributed by atoms with Crippen LogP contribution in [0.15, 0.2) is 30.9 Å². The first kappa shape index (κ1) is 22.7. The molecule has 31 heavy (non-hydrogen) atoms. The molecule has 0 radical (unpaired) electrons. The lowest BCUT2D eigenvalue weighted by molar-refractivity contribution is -0.127. The highest BCUT2D eigenvalue weighted by Gasteiger charge is 2.27. The summed E-state index contributed by atoms with van der Waals surface area (Å²) in [5.74, 6) is -0.842. The van der Waals surface area contributed by atoms with Crippen LogP contribution in [0.1, 0.15) is 16.7 Å². The number of hydrogen-bond donors (Lipinski definition) is 3. The Kier molecular flexibility index (Phi) is 6.62. The summed E-state index contributed by atoms with van der Waals surface area (Å²) in [6, 6.07) is 4.95. The number of rotatable bonds is 4. The summed E-state index contributed by atoms with van der Waals surface area (Å²) >= 11 is 12.1. The van der Waals surface area contributed by atoms with E-state index in [1.165, 1.54) is 6.08 Å². The van der Waals surface area contributed by atoms with Gasteiger partial charge in [0.2, 0.25) is 5.91 Å². The van der Waals surface area contributed by atoms with Gasteiger partial charge in [0, 0.05) is 54.8 Å². The Balaban J connectivity index is 2.00. The molecule has 6 nitrogen and oxygen atoms in total. The van der Waals surface area contributed by atoms with E-state index in [1.54, 1.807) is 30.0 Å². The Morgan fingerprint density at radius 3 is 2.42 bits per heavy atom. The van der Waals surface area contributed by atoms with E-state index in [4.69, 9.17) is 40.7 Å². The molecular formula is C22H23ClFN5OS. The zero-order chi connectivity index (χ0) is 22.9. The van der Waals surface area contributed by atoms with Gasteiger partial charge in [-0.05, 0) is 36.3 Å². The Morgan fingerprint density at radius 2 is 1.84 bits per heavy atom. The van der Waals surface area contributed by atoms with E-state index in [2.05, 4.69) is 6.58 Å². The van der Waals surface area contributed by atoms with Crippen LogP contribution in [0.25, 0.3) is 11.1 Å². The van der Waals surface area contributed by atoms with Crippen LogP contribution in [0.4, 0.5) is 15.8 Å². The Bertz CT molecular complexity index is 1100. The molecule has 0 unspecified atom stereocenters. The summed E-state index contributed by atoms with van der Waals surface area (Å²) < 4.78 is 15.5. The molecule has 1 fully saturated rings. The molecule has 5 N–H and O–H groups in total. The van der Waals surface area contributed by atoms with E-state index in [0.717, 1.165) is 6.21 Å². The van der Waals surface area contributed by atoms with Gasteiger partial charge in [-0.25, -0.2) is 4.39 Å². The minimum Gasteiger partial charge on any atom is -0.398 e. The summed E-state index contributed by atoms with van der Waals surface area (Å²) in [4.78, 5) is 15.7. The first-order chi connectivity index (χ1) is 14.7. The van der Waals surface area contributed by atoms with Gasteiger partial charge >= 0.3 is 0 Å². The second-order valence-corrected chi connectivity index (χ2v) is 8.03. The number of piperazine rings is 1. The van der Waals surface area contributed by atoms with E-state index in [9.17, 15) is 4.79 Å². The van der Waals surface area contributed by atoms with Crippen LogP contribution in [0.5, 0.6) is 0 Å². The third-order valence-electron chi connectivity index (χ3n) is 5.42. The van der Waals surface area contributed by atoms with E-state index < -0.39 is 5.82 Å². The zero-order valence-electron chi connectivity index (χ0n) is 17.0. The summed E-state index contributed by atoms with van der Waals surface area (Å²) in [6.07, 6.45) is 2.35. The van der Waals surface area contributed by atoms with Gasteiger partial charge in [0.05, 0.1) is 10.7 Å². The number of carbonyl (C=O) groups is 1. The number of nitrogen functional groups attached to an aromatic ring is 2. The largest absolute Gasteiger partial charge is 0.398 e. The highest BCUT2D eigenvalue weighted by molar-refractivity contribution is 7.80. The lowest BCUT2D eigenvalue weighted by atomic mass is 9.92. The summed E-state index contributed by atoms with van der Waals surface area (Å²) in [7, 11) is 0. The second-order valence-electron chi connectivity index (χ2n) is 7.23. The van der Waals surface area contributed by atoms with Crippen LogP contribution >= 0.6 is 23.8 Å². The van der Waals surface area contributed by atoms with Crippen LogP contribution in [0.3, 0.4) is 0 Å². The monoisotopic (exact) mass is 459 g/mol. The number of nitrogens with zero attached hydrogens (tertiary/aromatic N) is 2. The SMILES string of the molecule is C=CC(=O)N1CCN(C(=S)c2cc(Cl)c(-c3c(C)ccc(N)c3C=N)c(F)c2N)CC1. The van der Waals surface area contributed by atoms with Gasteiger partial charge in [-0.2, -0.15) is 0 Å². The van der Waals surface area contributed by atoms with E-state index in [-0.39, 0.29) is 22.2 Å². The summed E-state index contributed by atoms with van der Waals surface area (Å²) in [5.41, 5.74) is 14.3. The molecule has 2 aromatic carbocycles. The van der Waals surface area contributed by atoms with E-state index >= 15 is 4.39 Å². The average Bonchev–Trinajstić information content (AvgIpc) is 2.77. The minimum absolute atomic E-state index is 0.0930. The molecule has 9 heteroatoms. The predicted molar refractivity (Wildman–Crippen MR) is 128 cm³/mol. The topological polar surface area (TPSA) is 99.4 Å². The lowest BCUT2D eigenvalue weighted by Gasteiger charge is -2.36. The van der Waals surface area contributed by atoms with Crippen LogP contribution in [0.2, 0.25) is 5.02 Å². The summed E-state index contributed by atoms with van der Waals surface area (Å²) in [5, 5.41) is 7.83. The van der Waals surface area contributed by atoms with E-state index in [0.29, 0.717) is 59.1 Å². The molecule has 1 aliphatic heterocycles. The smallest absolute Gasteiger partial charge is 0.246 e. The fourth-order valence-corrected chi connectivity index (χ4v) is 4.34. The molecule has 1 heterocycles. The number of aryl methyl sites for hydroxylation is 1. The first-order valence-corrected chi connectivity index (χ1v) is 10.4. The molecule has 0 bridgehead atoms. The Hall–Kier alpha value is -2.97. The first-order valence-electron chi connectivity index (χ1n) is 9.59. The minimum atomic E-state index is -0.706. The third kappa shape index (κ3) is 4.13. The maximum atomic E-state index is 15.5. The van der Waals surface area contributed by atoms with Crippen molar-refractivity contribution in [1.29, 1.82) is 5.41 Å². The van der Waals surface area contributed by atoms with Crippen molar-refractivity contribution in [2.75, 3.05) is 37.6 Å². The molecule has 0 atom stereocenters. The van der Waals surface area contributed by atoms with Crippen molar-refractivity contribution in [2.45, 2.75) is 6.92 Å². The number of benzene rings is 2. The van der Waals surface area contributed by atoms with Gasteiger partial charge in [-0.3, -0.25) is 4.79 Å². The molecule has 0 aliphatic carbocycles. The number of nitrogens with one attached hydrogen (secondary N) is 1. The lowest BCUT2D eigenvalue weighted by Crippen LogP contribution is -2.50. The van der Waals surface area contributed by atoms with Gasteiger partial charge in [-0.1, -0.05) is 36.5 Å². The normalized spacial score (nSPS) is 13.8. The van der Waals surface area contributed by atoms with Crippen LogP contribution in [-0.4, -0.2) is 53.1 Å². The Labute approximate surface area is 190 Å². The molecule has 3 rings (SSSR count). The molecule has 0 saturated carbocycles. The van der Waals surface area contributed by atoms with Crippen molar-refractivity contribution in [3.63, 3.8) is 0 Å². The molecule has 0 aromatic heterocycles. The zero-order valence-corrected chi connectivity index (χ0v) is 18.6. The van der Waals surface area contributed by atoms with Crippen molar-refractivity contribution >= 4 is 52.3 Å². The number of carbonyl (C=O) groups excluding carboxylic acids is 1. The number of nitrogens with two attached hydrogens (primary N) is 2. The van der Waals surface area contributed by atoms with Crippen molar-refractivity contribution in [1.82, 2.24) is 9.80 Å². The highest BCUT2D eigenvalue weighted by Crippen LogP contribution is 2.40. The number of hydrogen-bond acceptors (Lipinski definition) is 5. The Morgan fingerprint density at radius 1 is 1.23 bits per heavy atom. The number of amides is 1. The van der Waals surface area contributed by atoms with Gasteiger partial charge in [0.25, 0.3) is 0 Å². The van der Waals surface area contributed by atoms with E-state index in [1.807, 2.05) is 4.90 Å². The highest BCUT2D eigenvalue weighted by atomic mass is 35.5. The fourth-order valence-electron chi connectivity index (χ4n) is 3.70. The second kappa shape index (κ2) is 9.03. The molecular weight excluding hydrogens is 437 g/mol. The molecule has 0 spiro atoms. The van der Waals surface area contributed by atoms with Crippen LogP contribution in [0, 0.1) is 18.2 Å². The third-order valence-corrected chi connectivity index (χ3v) is 6.20. The van der Waals surface area contributed by atoms with Crippen molar-refractivity contribution in [3.8, 4) is 11.1 Å². The van der Waals surface area contributed by atoms with Gasteiger partial charge in [0.15, 0.2) is 5.82 Å². The van der Waals surface area contributed by atoms with Gasteiger partial charge in [0.1, 0.15) is 4.99 Å². The number of halogens is 2. The molecule has 1 saturated heterocycles. The van der Waals surface area contributed by atoms with Crippen molar-refractivity contribution in [2.24, 2.45) is 0 Å². The number of thiocarbonyl (C=S) groups is 1.